The van der Waals surface area contributed by atoms with E-state index in [-0.39, 0.29) is 23.7 Å². The van der Waals surface area contributed by atoms with Crippen molar-refractivity contribution >= 4 is 11.6 Å². The Morgan fingerprint density at radius 3 is 2.86 bits per heavy atom. The van der Waals surface area contributed by atoms with Gasteiger partial charge >= 0.3 is 0 Å². The van der Waals surface area contributed by atoms with Gasteiger partial charge in [-0.15, -0.1) is 0 Å². The first-order chi connectivity index (χ1) is 6.66. The van der Waals surface area contributed by atoms with Crippen LogP contribution in [0.3, 0.4) is 0 Å². The van der Waals surface area contributed by atoms with Gasteiger partial charge in [0.15, 0.2) is 0 Å². The molecule has 0 N–H and O–H groups in total. The molecule has 2 atom stereocenters. The van der Waals surface area contributed by atoms with Crippen molar-refractivity contribution < 1.29 is 13.5 Å². The number of hydrogen-bond acceptors (Lipinski definition) is 2. The molecule has 0 unspecified atom stereocenters. The highest BCUT2D eigenvalue weighted by Gasteiger charge is 2.28. The van der Waals surface area contributed by atoms with E-state index in [9.17, 15) is 8.78 Å². The molecule has 0 radical (unpaired) electrons. The van der Waals surface area contributed by atoms with Crippen LogP contribution in [0.15, 0.2) is 12.1 Å². The van der Waals surface area contributed by atoms with Gasteiger partial charge in [-0.1, -0.05) is 11.6 Å². The molecule has 1 aliphatic rings. The lowest BCUT2D eigenvalue weighted by Gasteiger charge is -2.09. The standard InChI is InChI=1S/C9H8ClF2NO/c10-8-2-1-6(9(12)13-8)7-3-5(11)4-14-7/h1-2,5,7H,3-4H2/t5-,7+/m1/s1. The molecule has 1 aromatic heterocycles. The fraction of sp³-hybridized carbons (Fsp3) is 0.444. The quantitative estimate of drug-likeness (QED) is 0.678. The van der Waals surface area contributed by atoms with Gasteiger partial charge in [-0.3, -0.25) is 0 Å². The molecule has 0 spiro atoms. The normalized spacial score (nSPS) is 26.8. The minimum atomic E-state index is -1.02. The summed E-state index contributed by atoms with van der Waals surface area (Å²) in [7, 11) is 0. The molecule has 0 saturated carbocycles. The van der Waals surface area contributed by atoms with Crippen LogP contribution >= 0.6 is 11.6 Å². The average Bonchev–Trinajstić information content (AvgIpc) is 2.51. The number of halogens is 3. The summed E-state index contributed by atoms with van der Waals surface area (Å²) in [5.41, 5.74) is 0.273. The number of nitrogens with zero attached hydrogens (tertiary/aromatic N) is 1. The second-order valence-electron chi connectivity index (χ2n) is 3.17. The van der Waals surface area contributed by atoms with Crippen molar-refractivity contribution in [3.63, 3.8) is 0 Å². The van der Waals surface area contributed by atoms with Crippen LogP contribution in [-0.2, 0) is 4.74 Å². The number of rotatable bonds is 1. The predicted molar refractivity (Wildman–Crippen MR) is 47.4 cm³/mol. The summed E-state index contributed by atoms with van der Waals surface area (Å²) in [6.45, 7) is 0.0206. The highest BCUT2D eigenvalue weighted by atomic mass is 35.5. The van der Waals surface area contributed by atoms with Gasteiger partial charge in [0.2, 0.25) is 5.95 Å². The number of hydrogen-bond donors (Lipinski definition) is 0. The van der Waals surface area contributed by atoms with Gasteiger partial charge in [0.1, 0.15) is 11.3 Å². The van der Waals surface area contributed by atoms with Gasteiger partial charge < -0.3 is 4.74 Å². The van der Waals surface area contributed by atoms with Crippen molar-refractivity contribution in [2.45, 2.75) is 18.7 Å². The minimum Gasteiger partial charge on any atom is -0.370 e. The third kappa shape index (κ3) is 1.86. The molecular weight excluding hydrogens is 212 g/mol. The Balaban J connectivity index is 2.24. The molecule has 1 fully saturated rings. The summed E-state index contributed by atoms with van der Waals surface area (Å²) in [6, 6.07) is 2.95. The van der Waals surface area contributed by atoms with E-state index in [2.05, 4.69) is 4.98 Å². The Kier molecular flexibility index (Phi) is 2.65. The minimum absolute atomic E-state index is 0.0206. The summed E-state index contributed by atoms with van der Waals surface area (Å²) in [5.74, 6) is -0.684. The second-order valence-corrected chi connectivity index (χ2v) is 3.56. The van der Waals surface area contributed by atoms with Gasteiger partial charge in [0.05, 0.1) is 12.7 Å². The fourth-order valence-electron chi connectivity index (χ4n) is 1.47. The molecule has 0 amide bonds. The lowest BCUT2D eigenvalue weighted by Crippen LogP contribution is -2.01. The van der Waals surface area contributed by atoms with Crippen molar-refractivity contribution in [3.05, 3.63) is 28.8 Å². The summed E-state index contributed by atoms with van der Waals surface area (Å²) < 4.78 is 31.1. The number of ether oxygens (including phenoxy) is 1. The van der Waals surface area contributed by atoms with Crippen LogP contribution in [0, 0.1) is 5.95 Å². The smallest absolute Gasteiger partial charge is 0.220 e. The third-order valence-corrected chi connectivity index (χ3v) is 2.35. The van der Waals surface area contributed by atoms with E-state index in [0.717, 1.165) is 0 Å². The number of aromatic nitrogens is 1. The van der Waals surface area contributed by atoms with Crippen molar-refractivity contribution in [2.75, 3.05) is 6.61 Å². The molecule has 14 heavy (non-hydrogen) atoms. The van der Waals surface area contributed by atoms with Crippen LogP contribution in [0.1, 0.15) is 18.1 Å². The molecule has 0 aromatic carbocycles. The van der Waals surface area contributed by atoms with E-state index in [1.165, 1.54) is 12.1 Å². The zero-order valence-electron chi connectivity index (χ0n) is 7.21. The van der Waals surface area contributed by atoms with Crippen LogP contribution in [0.4, 0.5) is 8.78 Å². The summed E-state index contributed by atoms with van der Waals surface area (Å²) in [4.78, 5) is 3.44. The van der Waals surface area contributed by atoms with Gasteiger partial charge in [-0.05, 0) is 12.1 Å². The van der Waals surface area contributed by atoms with Crippen LogP contribution in [0.25, 0.3) is 0 Å². The molecule has 2 rings (SSSR count). The van der Waals surface area contributed by atoms with Crippen molar-refractivity contribution in [3.8, 4) is 0 Å². The third-order valence-electron chi connectivity index (χ3n) is 2.14. The molecule has 1 aliphatic heterocycles. The molecule has 1 saturated heterocycles. The highest BCUT2D eigenvalue weighted by molar-refractivity contribution is 6.29. The first-order valence-corrected chi connectivity index (χ1v) is 4.62. The summed E-state index contributed by atoms with van der Waals surface area (Å²) in [5, 5.41) is 0.0843. The molecule has 76 valence electrons. The van der Waals surface area contributed by atoms with E-state index in [1.54, 1.807) is 0 Å². The number of alkyl halides is 1. The number of pyridine rings is 1. The Morgan fingerprint density at radius 1 is 1.50 bits per heavy atom. The zero-order valence-corrected chi connectivity index (χ0v) is 7.97. The predicted octanol–water partition coefficient (Wildman–Crippen LogP) is 2.67. The van der Waals surface area contributed by atoms with Gasteiger partial charge in [0, 0.05) is 12.0 Å². The van der Waals surface area contributed by atoms with Crippen LogP contribution < -0.4 is 0 Å². The van der Waals surface area contributed by atoms with Gasteiger partial charge in [-0.2, -0.15) is 4.39 Å². The maximum atomic E-state index is 13.2. The topological polar surface area (TPSA) is 22.1 Å². The fourth-order valence-corrected chi connectivity index (χ4v) is 1.61. The van der Waals surface area contributed by atoms with Gasteiger partial charge in [0.25, 0.3) is 0 Å². The van der Waals surface area contributed by atoms with Crippen LogP contribution in [0.5, 0.6) is 0 Å². The van der Waals surface area contributed by atoms with Crippen molar-refractivity contribution in [1.29, 1.82) is 0 Å². The lowest BCUT2D eigenvalue weighted by atomic mass is 10.1. The Labute approximate surface area is 84.9 Å². The average molecular weight is 220 g/mol. The Bertz CT molecular complexity index is 348. The van der Waals surface area contributed by atoms with E-state index < -0.39 is 18.2 Å². The lowest BCUT2D eigenvalue weighted by molar-refractivity contribution is 0.100. The Morgan fingerprint density at radius 2 is 2.29 bits per heavy atom. The summed E-state index contributed by atoms with van der Waals surface area (Å²) in [6.07, 6.45) is -1.37. The molecule has 5 heteroatoms. The molecular formula is C9H8ClF2NO. The van der Waals surface area contributed by atoms with E-state index in [4.69, 9.17) is 16.3 Å². The highest BCUT2D eigenvalue weighted by Crippen LogP contribution is 2.31. The maximum absolute atomic E-state index is 13.2. The molecule has 2 nitrogen and oxygen atoms in total. The molecule has 2 heterocycles. The van der Waals surface area contributed by atoms with E-state index in [0.29, 0.717) is 0 Å². The van der Waals surface area contributed by atoms with E-state index in [1.807, 2.05) is 0 Å². The monoisotopic (exact) mass is 219 g/mol. The molecule has 1 aromatic rings. The molecule has 0 aliphatic carbocycles. The van der Waals surface area contributed by atoms with Crippen LogP contribution in [0.2, 0.25) is 5.15 Å². The molecule has 0 bridgehead atoms. The first-order valence-electron chi connectivity index (χ1n) is 4.24. The van der Waals surface area contributed by atoms with Crippen molar-refractivity contribution in [1.82, 2.24) is 4.98 Å². The van der Waals surface area contributed by atoms with Crippen molar-refractivity contribution in [2.24, 2.45) is 0 Å². The largest absolute Gasteiger partial charge is 0.370 e. The van der Waals surface area contributed by atoms with E-state index >= 15 is 0 Å². The van der Waals surface area contributed by atoms with Gasteiger partial charge in [-0.25, -0.2) is 9.37 Å². The Hall–Kier alpha value is -0.740. The second kappa shape index (κ2) is 3.79. The van der Waals surface area contributed by atoms with Crippen LogP contribution in [-0.4, -0.2) is 17.8 Å². The summed E-state index contributed by atoms with van der Waals surface area (Å²) >= 11 is 5.49. The SMILES string of the molecule is Fc1nc(Cl)ccc1[C@@H]1C[C@@H](F)CO1. The first kappa shape index (κ1) is 9.80. The maximum Gasteiger partial charge on any atom is 0.220 e. The zero-order chi connectivity index (χ0) is 10.1.